The number of allylic oxidation sites excluding steroid dienone is 1. The zero-order valence-electron chi connectivity index (χ0n) is 10.8. The average Bonchev–Trinajstić information content (AvgIpc) is 3.14. The number of fused-ring (bicyclic) bond motifs is 3. The van der Waals surface area contributed by atoms with Crippen LogP contribution in [0, 0.1) is 11.8 Å². The van der Waals surface area contributed by atoms with Gasteiger partial charge >= 0.3 is 0 Å². The number of hydrogen-bond acceptors (Lipinski definition) is 1. The van der Waals surface area contributed by atoms with Crippen LogP contribution >= 0.6 is 0 Å². The molecule has 94 valence electrons. The lowest BCUT2D eigenvalue weighted by molar-refractivity contribution is -0.120. The maximum absolute atomic E-state index is 12.2. The van der Waals surface area contributed by atoms with E-state index >= 15 is 0 Å². The van der Waals surface area contributed by atoms with E-state index < -0.39 is 0 Å². The van der Waals surface area contributed by atoms with Crippen LogP contribution in [-0.2, 0) is 11.2 Å². The molecule has 0 heterocycles. The highest BCUT2D eigenvalue weighted by molar-refractivity contribution is 5.86. The largest absolute Gasteiger partial charge is 0.299 e. The van der Waals surface area contributed by atoms with Crippen molar-refractivity contribution in [3.05, 3.63) is 48.0 Å². The minimum atomic E-state index is 0.332. The molecule has 0 amide bonds. The zero-order chi connectivity index (χ0) is 12.5. The molecule has 1 fully saturated rings. The van der Waals surface area contributed by atoms with Crippen LogP contribution in [0.5, 0.6) is 0 Å². The standard InChI is InChI=1S/C17H20O/c1-2-3-4-9-15(18)17-14-11-10-12-7-5-6-8-13(12)16(14)17/h2,5-8,14,16-17H,1,3-4,9-11H2. The molecule has 18 heavy (non-hydrogen) atoms. The highest BCUT2D eigenvalue weighted by atomic mass is 16.1. The second kappa shape index (κ2) is 4.72. The summed E-state index contributed by atoms with van der Waals surface area (Å²) in [5.74, 6) is 2.02. The number of aryl methyl sites for hydroxylation is 1. The molecule has 1 aromatic carbocycles. The maximum atomic E-state index is 12.2. The molecule has 0 spiro atoms. The van der Waals surface area contributed by atoms with Crippen LogP contribution in [0.3, 0.4) is 0 Å². The Morgan fingerprint density at radius 3 is 3.06 bits per heavy atom. The smallest absolute Gasteiger partial charge is 0.136 e. The predicted molar refractivity (Wildman–Crippen MR) is 73.5 cm³/mol. The lowest BCUT2D eigenvalue weighted by Gasteiger charge is -2.13. The summed E-state index contributed by atoms with van der Waals surface area (Å²) >= 11 is 0. The average molecular weight is 240 g/mol. The Hall–Kier alpha value is -1.37. The topological polar surface area (TPSA) is 17.1 Å². The first-order chi connectivity index (χ1) is 8.83. The van der Waals surface area contributed by atoms with E-state index in [4.69, 9.17) is 0 Å². The van der Waals surface area contributed by atoms with Crippen molar-refractivity contribution >= 4 is 5.78 Å². The van der Waals surface area contributed by atoms with Crippen LogP contribution < -0.4 is 0 Å². The van der Waals surface area contributed by atoms with Crippen LogP contribution in [0.15, 0.2) is 36.9 Å². The fourth-order valence-electron chi connectivity index (χ4n) is 3.59. The molecule has 3 rings (SSSR count). The summed E-state index contributed by atoms with van der Waals surface area (Å²) in [4.78, 5) is 12.2. The second-order valence-corrected chi connectivity index (χ2v) is 5.60. The van der Waals surface area contributed by atoms with Crippen molar-refractivity contribution in [2.24, 2.45) is 11.8 Å². The third-order valence-corrected chi connectivity index (χ3v) is 4.53. The van der Waals surface area contributed by atoms with E-state index in [0.29, 0.717) is 23.5 Å². The first-order valence-corrected chi connectivity index (χ1v) is 7.04. The number of rotatable bonds is 5. The van der Waals surface area contributed by atoms with Crippen LogP contribution in [0.25, 0.3) is 0 Å². The number of benzene rings is 1. The molecule has 3 atom stereocenters. The minimum absolute atomic E-state index is 0.332. The Balaban J connectivity index is 1.69. The van der Waals surface area contributed by atoms with Gasteiger partial charge in [0.1, 0.15) is 5.78 Å². The molecule has 0 N–H and O–H groups in total. The predicted octanol–water partition coefficient (Wildman–Crippen LogP) is 3.89. The summed E-state index contributed by atoms with van der Waals surface area (Å²) < 4.78 is 0. The third kappa shape index (κ3) is 1.92. The van der Waals surface area contributed by atoms with Crippen molar-refractivity contribution < 1.29 is 4.79 Å². The number of ketones is 1. The monoisotopic (exact) mass is 240 g/mol. The van der Waals surface area contributed by atoms with Gasteiger partial charge < -0.3 is 0 Å². The quantitative estimate of drug-likeness (QED) is 0.563. The molecule has 2 aliphatic carbocycles. The Bertz CT molecular complexity index is 474. The lowest BCUT2D eigenvalue weighted by atomic mass is 9.92. The normalized spacial score (nSPS) is 28.1. The molecule has 0 bridgehead atoms. The van der Waals surface area contributed by atoms with Gasteiger partial charge in [0, 0.05) is 12.3 Å². The minimum Gasteiger partial charge on any atom is -0.299 e. The number of unbranched alkanes of at least 4 members (excludes halogenated alkanes) is 1. The van der Waals surface area contributed by atoms with Gasteiger partial charge in [-0.15, -0.1) is 6.58 Å². The summed E-state index contributed by atoms with van der Waals surface area (Å²) in [7, 11) is 0. The van der Waals surface area contributed by atoms with Gasteiger partial charge in [0.05, 0.1) is 0 Å². The summed E-state index contributed by atoms with van der Waals surface area (Å²) in [6, 6.07) is 8.67. The molecule has 1 saturated carbocycles. The van der Waals surface area contributed by atoms with Crippen LogP contribution in [0.4, 0.5) is 0 Å². The third-order valence-electron chi connectivity index (χ3n) is 4.53. The van der Waals surface area contributed by atoms with Crippen molar-refractivity contribution in [3.8, 4) is 0 Å². The highest BCUT2D eigenvalue weighted by Gasteiger charge is 2.56. The van der Waals surface area contributed by atoms with Gasteiger partial charge in [0.2, 0.25) is 0 Å². The zero-order valence-corrected chi connectivity index (χ0v) is 10.8. The number of carbonyl (C=O) groups excluding carboxylic acids is 1. The summed E-state index contributed by atoms with van der Waals surface area (Å²) in [5.41, 5.74) is 2.93. The Kier molecular flexibility index (Phi) is 3.07. The van der Waals surface area contributed by atoms with E-state index in [-0.39, 0.29) is 0 Å². The van der Waals surface area contributed by atoms with Gasteiger partial charge in [0.15, 0.2) is 0 Å². The summed E-state index contributed by atoms with van der Waals surface area (Å²) in [6.45, 7) is 3.71. The van der Waals surface area contributed by atoms with Crippen molar-refractivity contribution in [3.63, 3.8) is 0 Å². The molecule has 0 aliphatic heterocycles. The molecule has 1 heteroatoms. The van der Waals surface area contributed by atoms with Crippen LogP contribution in [-0.4, -0.2) is 5.78 Å². The van der Waals surface area contributed by atoms with Gasteiger partial charge in [0.25, 0.3) is 0 Å². The Labute approximate surface area is 109 Å². The number of hydrogen-bond donors (Lipinski definition) is 0. The maximum Gasteiger partial charge on any atom is 0.136 e. The van der Waals surface area contributed by atoms with Crippen LogP contribution in [0.2, 0.25) is 0 Å². The molecule has 0 radical (unpaired) electrons. The van der Waals surface area contributed by atoms with E-state index in [1.165, 1.54) is 17.5 Å². The fraction of sp³-hybridized carbons (Fsp3) is 0.471. The van der Waals surface area contributed by atoms with Crippen molar-refractivity contribution in [1.82, 2.24) is 0 Å². The van der Waals surface area contributed by atoms with Gasteiger partial charge in [-0.05, 0) is 48.6 Å². The second-order valence-electron chi connectivity index (χ2n) is 5.60. The van der Waals surface area contributed by atoms with Gasteiger partial charge in [-0.1, -0.05) is 30.3 Å². The molecule has 0 saturated heterocycles. The van der Waals surface area contributed by atoms with E-state index in [1.54, 1.807) is 0 Å². The Morgan fingerprint density at radius 2 is 2.22 bits per heavy atom. The van der Waals surface area contributed by atoms with Crippen LogP contribution in [0.1, 0.15) is 42.7 Å². The van der Waals surface area contributed by atoms with Crippen molar-refractivity contribution in [2.75, 3.05) is 0 Å². The first kappa shape index (κ1) is 11.7. The number of carbonyl (C=O) groups is 1. The lowest BCUT2D eigenvalue weighted by Crippen LogP contribution is -2.02. The fourth-order valence-corrected chi connectivity index (χ4v) is 3.59. The molecular weight excluding hydrogens is 220 g/mol. The SMILES string of the molecule is C=CCCCC(=O)C1C2CCc3ccccc3C21. The molecule has 3 unspecified atom stereocenters. The van der Waals surface area contributed by atoms with E-state index in [2.05, 4.69) is 30.8 Å². The van der Waals surface area contributed by atoms with E-state index in [9.17, 15) is 4.79 Å². The van der Waals surface area contributed by atoms with E-state index in [0.717, 1.165) is 25.7 Å². The summed E-state index contributed by atoms with van der Waals surface area (Å²) in [6.07, 6.45) is 6.95. The van der Waals surface area contributed by atoms with E-state index in [1.807, 2.05) is 6.08 Å². The first-order valence-electron chi connectivity index (χ1n) is 7.04. The molecule has 0 aromatic heterocycles. The van der Waals surface area contributed by atoms with Gasteiger partial charge in [-0.3, -0.25) is 4.79 Å². The molecule has 1 nitrogen and oxygen atoms in total. The van der Waals surface area contributed by atoms with Crippen molar-refractivity contribution in [1.29, 1.82) is 0 Å². The summed E-state index contributed by atoms with van der Waals surface area (Å²) in [5, 5.41) is 0. The number of Topliss-reactive ketones (excluding diaryl/α,β-unsaturated/α-hetero) is 1. The van der Waals surface area contributed by atoms with Crippen molar-refractivity contribution in [2.45, 2.75) is 38.0 Å². The van der Waals surface area contributed by atoms with Gasteiger partial charge in [-0.25, -0.2) is 0 Å². The molecule has 2 aliphatic rings. The molecule has 1 aromatic rings. The Morgan fingerprint density at radius 1 is 1.39 bits per heavy atom. The van der Waals surface area contributed by atoms with Gasteiger partial charge in [-0.2, -0.15) is 0 Å². The molecular formula is C17H20O. The highest BCUT2D eigenvalue weighted by Crippen LogP contribution is 2.60.